The predicted molar refractivity (Wildman–Crippen MR) is 63.3 cm³/mol. The molecule has 1 atom stereocenters. The first kappa shape index (κ1) is 9.59. The lowest BCUT2D eigenvalue weighted by molar-refractivity contribution is 0.501. The van der Waals surface area contributed by atoms with E-state index in [1.165, 1.54) is 0 Å². The second-order valence-electron chi connectivity index (χ2n) is 4.28. The predicted octanol–water partition coefficient (Wildman–Crippen LogP) is 0.885. The van der Waals surface area contributed by atoms with Gasteiger partial charge in [0.05, 0.1) is 5.52 Å². The second-order valence-corrected chi connectivity index (χ2v) is 4.28. The Morgan fingerprint density at radius 1 is 1.50 bits per heavy atom. The summed E-state index contributed by atoms with van der Waals surface area (Å²) in [6, 6.07) is 4.16. The van der Waals surface area contributed by atoms with Crippen molar-refractivity contribution in [2.75, 3.05) is 18.0 Å². The van der Waals surface area contributed by atoms with Crippen LogP contribution in [0.15, 0.2) is 18.3 Å². The number of aromatic amines is 1. The van der Waals surface area contributed by atoms with Crippen LogP contribution < -0.4 is 10.6 Å². The third-order valence-electron chi connectivity index (χ3n) is 3.00. The molecule has 84 valence electrons. The molecule has 0 saturated carbocycles. The van der Waals surface area contributed by atoms with Crippen LogP contribution in [-0.2, 0) is 0 Å². The van der Waals surface area contributed by atoms with E-state index in [1.54, 1.807) is 6.20 Å². The Hall–Kier alpha value is -1.62. The van der Waals surface area contributed by atoms with E-state index in [9.17, 15) is 0 Å². The summed E-state index contributed by atoms with van der Waals surface area (Å²) < 4.78 is 0. The quantitative estimate of drug-likeness (QED) is 0.744. The summed E-state index contributed by atoms with van der Waals surface area (Å²) in [4.78, 5) is 14.2. The van der Waals surface area contributed by atoms with Gasteiger partial charge in [-0.05, 0) is 25.0 Å². The third kappa shape index (κ3) is 1.63. The highest BCUT2D eigenvalue weighted by atomic mass is 15.3. The van der Waals surface area contributed by atoms with Crippen LogP contribution in [-0.4, -0.2) is 34.1 Å². The molecule has 0 unspecified atom stereocenters. The zero-order chi connectivity index (χ0) is 11.0. The Kier molecular flexibility index (Phi) is 2.25. The Morgan fingerprint density at radius 3 is 3.25 bits per heavy atom. The van der Waals surface area contributed by atoms with E-state index in [0.717, 1.165) is 43.0 Å². The van der Waals surface area contributed by atoms with Crippen molar-refractivity contribution in [1.29, 1.82) is 0 Å². The van der Waals surface area contributed by atoms with Crippen molar-refractivity contribution >= 4 is 17.1 Å². The maximum absolute atomic E-state index is 5.96. The van der Waals surface area contributed by atoms with Gasteiger partial charge < -0.3 is 15.6 Å². The van der Waals surface area contributed by atoms with Crippen molar-refractivity contribution in [3.63, 3.8) is 0 Å². The molecule has 0 amide bonds. The van der Waals surface area contributed by atoms with Gasteiger partial charge >= 0.3 is 0 Å². The zero-order valence-electron chi connectivity index (χ0n) is 9.06. The van der Waals surface area contributed by atoms with Crippen molar-refractivity contribution in [2.45, 2.75) is 18.9 Å². The summed E-state index contributed by atoms with van der Waals surface area (Å²) in [7, 11) is 0. The smallest absolute Gasteiger partial charge is 0.205 e. The molecular weight excluding hydrogens is 202 g/mol. The number of anilines is 1. The highest BCUT2D eigenvalue weighted by Gasteiger charge is 2.19. The number of hydrogen-bond acceptors (Lipinski definition) is 4. The van der Waals surface area contributed by atoms with Gasteiger partial charge in [-0.25, -0.2) is 4.98 Å². The van der Waals surface area contributed by atoms with Crippen LogP contribution in [0.25, 0.3) is 11.2 Å². The fourth-order valence-corrected chi connectivity index (χ4v) is 2.18. The van der Waals surface area contributed by atoms with Crippen molar-refractivity contribution in [3.8, 4) is 0 Å². The SMILES string of the molecule is N[C@@H]1CCCN(c2nc3ncccc3[nH]2)C1. The summed E-state index contributed by atoms with van der Waals surface area (Å²) in [6.07, 6.45) is 4.00. The van der Waals surface area contributed by atoms with Crippen LogP contribution in [0.3, 0.4) is 0 Å². The Labute approximate surface area is 93.7 Å². The molecule has 5 nitrogen and oxygen atoms in total. The fraction of sp³-hybridized carbons (Fsp3) is 0.455. The normalized spacial score (nSPS) is 21.6. The lowest BCUT2D eigenvalue weighted by Gasteiger charge is -2.30. The van der Waals surface area contributed by atoms with Crippen LogP contribution in [0.4, 0.5) is 5.95 Å². The first-order chi connectivity index (χ1) is 7.83. The number of piperidine rings is 1. The number of pyridine rings is 1. The van der Waals surface area contributed by atoms with Gasteiger partial charge in [-0.2, -0.15) is 4.98 Å². The number of nitrogens with one attached hydrogen (secondary N) is 1. The largest absolute Gasteiger partial charge is 0.341 e. The number of nitrogens with zero attached hydrogens (tertiary/aromatic N) is 3. The average molecular weight is 217 g/mol. The van der Waals surface area contributed by atoms with Gasteiger partial charge in [-0.15, -0.1) is 0 Å². The summed E-state index contributed by atoms with van der Waals surface area (Å²) in [5.41, 5.74) is 7.72. The van der Waals surface area contributed by atoms with Crippen LogP contribution in [0, 0.1) is 0 Å². The first-order valence-corrected chi connectivity index (χ1v) is 5.64. The van der Waals surface area contributed by atoms with Crippen molar-refractivity contribution < 1.29 is 0 Å². The van der Waals surface area contributed by atoms with Crippen LogP contribution >= 0.6 is 0 Å². The number of hydrogen-bond donors (Lipinski definition) is 2. The van der Waals surface area contributed by atoms with Crippen LogP contribution in [0.1, 0.15) is 12.8 Å². The van der Waals surface area contributed by atoms with E-state index >= 15 is 0 Å². The van der Waals surface area contributed by atoms with Crippen LogP contribution in [0.5, 0.6) is 0 Å². The highest BCUT2D eigenvalue weighted by Crippen LogP contribution is 2.18. The second kappa shape index (κ2) is 3.75. The van der Waals surface area contributed by atoms with Gasteiger partial charge in [0.2, 0.25) is 5.95 Å². The van der Waals surface area contributed by atoms with Gasteiger partial charge in [-0.3, -0.25) is 0 Å². The molecule has 1 fully saturated rings. The number of H-pyrrole nitrogens is 1. The minimum atomic E-state index is 0.259. The molecule has 16 heavy (non-hydrogen) atoms. The summed E-state index contributed by atoms with van der Waals surface area (Å²) in [5.74, 6) is 0.892. The molecule has 3 heterocycles. The average Bonchev–Trinajstić information content (AvgIpc) is 2.72. The number of nitrogens with two attached hydrogens (primary N) is 1. The Bertz CT molecular complexity index is 459. The molecule has 3 rings (SSSR count). The topological polar surface area (TPSA) is 70.8 Å². The molecule has 0 aliphatic carbocycles. The van der Waals surface area contributed by atoms with E-state index in [2.05, 4.69) is 19.9 Å². The first-order valence-electron chi connectivity index (χ1n) is 5.64. The highest BCUT2D eigenvalue weighted by molar-refractivity contribution is 5.73. The number of fused-ring (bicyclic) bond motifs is 1. The molecule has 1 aliphatic heterocycles. The third-order valence-corrected chi connectivity index (χ3v) is 3.00. The van der Waals surface area contributed by atoms with Crippen LogP contribution in [0.2, 0.25) is 0 Å². The molecular formula is C11H15N5. The van der Waals surface area contributed by atoms with Gasteiger partial charge in [0.15, 0.2) is 5.65 Å². The van der Waals surface area contributed by atoms with E-state index in [4.69, 9.17) is 5.73 Å². The van der Waals surface area contributed by atoms with Crippen molar-refractivity contribution in [3.05, 3.63) is 18.3 Å². The van der Waals surface area contributed by atoms with Crippen molar-refractivity contribution in [1.82, 2.24) is 15.0 Å². The zero-order valence-corrected chi connectivity index (χ0v) is 9.06. The minimum Gasteiger partial charge on any atom is -0.341 e. The summed E-state index contributed by atoms with van der Waals surface area (Å²) >= 11 is 0. The molecule has 0 bridgehead atoms. The van der Waals surface area contributed by atoms with E-state index in [0.29, 0.717) is 0 Å². The number of imidazole rings is 1. The van der Waals surface area contributed by atoms with E-state index in [-0.39, 0.29) is 6.04 Å². The molecule has 3 N–H and O–H groups in total. The number of rotatable bonds is 1. The molecule has 2 aromatic rings. The molecule has 2 aromatic heterocycles. The summed E-state index contributed by atoms with van der Waals surface area (Å²) in [5, 5.41) is 0. The monoisotopic (exact) mass is 217 g/mol. The Morgan fingerprint density at radius 2 is 2.44 bits per heavy atom. The minimum absolute atomic E-state index is 0.259. The maximum atomic E-state index is 5.96. The lowest BCUT2D eigenvalue weighted by Crippen LogP contribution is -2.43. The maximum Gasteiger partial charge on any atom is 0.205 e. The van der Waals surface area contributed by atoms with E-state index < -0.39 is 0 Å². The molecule has 0 spiro atoms. The van der Waals surface area contributed by atoms with Crippen molar-refractivity contribution in [2.24, 2.45) is 5.73 Å². The lowest BCUT2D eigenvalue weighted by atomic mass is 10.1. The fourth-order valence-electron chi connectivity index (χ4n) is 2.18. The number of aromatic nitrogens is 3. The summed E-state index contributed by atoms with van der Waals surface area (Å²) in [6.45, 7) is 1.90. The molecule has 1 aliphatic rings. The molecule has 0 radical (unpaired) electrons. The van der Waals surface area contributed by atoms with Gasteiger partial charge in [0.1, 0.15) is 0 Å². The van der Waals surface area contributed by atoms with Gasteiger partial charge in [-0.1, -0.05) is 0 Å². The van der Waals surface area contributed by atoms with Gasteiger partial charge in [0, 0.05) is 25.3 Å². The Balaban J connectivity index is 1.93. The molecule has 1 saturated heterocycles. The molecule has 0 aromatic carbocycles. The van der Waals surface area contributed by atoms with E-state index in [1.807, 2.05) is 12.1 Å². The van der Waals surface area contributed by atoms with Gasteiger partial charge in [0.25, 0.3) is 0 Å². The molecule has 5 heteroatoms. The standard InChI is InChI=1S/C11H15N5/c12-8-3-2-6-16(7-8)11-14-9-4-1-5-13-10(9)15-11/h1,4-5,8H,2-3,6-7,12H2,(H,13,14,15)/t8-/m1/s1.